The van der Waals surface area contributed by atoms with E-state index in [1.54, 1.807) is 18.3 Å². The second-order valence-corrected chi connectivity index (χ2v) is 4.84. The molecular weight excluding hydrogens is 293 g/mol. The number of carbonyl (C=O) groups is 1. The highest BCUT2D eigenvalue weighted by molar-refractivity contribution is 6.33. The Morgan fingerprint density at radius 1 is 1.33 bits per heavy atom. The lowest BCUT2D eigenvalue weighted by atomic mass is 10.2. The first-order valence-electron chi connectivity index (χ1n) is 6.56. The molecule has 0 fully saturated rings. The Morgan fingerprint density at radius 2 is 2.14 bits per heavy atom. The smallest absolute Gasteiger partial charge is 0.274 e. The van der Waals surface area contributed by atoms with Crippen LogP contribution >= 0.6 is 11.6 Å². The quantitative estimate of drug-likeness (QED) is 0.879. The van der Waals surface area contributed by atoms with Crippen molar-refractivity contribution in [2.24, 2.45) is 0 Å². The standard InChI is InChI=1S/C15H15ClFN3O/c1-2-7-18-11-4-6-14(19-9-11)15(21)20-13-5-3-10(17)8-12(13)16/h3-6,8-9,18H,2,7H2,1H3,(H,20,21). The second kappa shape index (κ2) is 7.04. The van der Waals surface area contributed by atoms with E-state index in [0.29, 0.717) is 5.69 Å². The van der Waals surface area contributed by atoms with Crippen LogP contribution in [0.25, 0.3) is 0 Å². The van der Waals surface area contributed by atoms with Crippen LogP contribution in [0.4, 0.5) is 15.8 Å². The molecule has 0 radical (unpaired) electrons. The van der Waals surface area contributed by atoms with E-state index < -0.39 is 11.7 Å². The number of benzene rings is 1. The average molecular weight is 308 g/mol. The Hall–Kier alpha value is -2.14. The molecule has 21 heavy (non-hydrogen) atoms. The van der Waals surface area contributed by atoms with Crippen LogP contribution in [0.5, 0.6) is 0 Å². The number of aromatic nitrogens is 1. The van der Waals surface area contributed by atoms with Gasteiger partial charge in [-0.1, -0.05) is 18.5 Å². The van der Waals surface area contributed by atoms with Gasteiger partial charge in [0.15, 0.2) is 0 Å². The van der Waals surface area contributed by atoms with Crippen molar-refractivity contribution in [2.45, 2.75) is 13.3 Å². The molecule has 1 heterocycles. The molecule has 2 aromatic rings. The normalized spacial score (nSPS) is 10.2. The van der Waals surface area contributed by atoms with E-state index in [2.05, 4.69) is 22.5 Å². The minimum absolute atomic E-state index is 0.143. The number of amides is 1. The zero-order valence-electron chi connectivity index (χ0n) is 11.5. The van der Waals surface area contributed by atoms with Gasteiger partial charge in [-0.15, -0.1) is 0 Å². The maximum Gasteiger partial charge on any atom is 0.274 e. The molecule has 0 aliphatic rings. The van der Waals surface area contributed by atoms with Gasteiger partial charge in [0.25, 0.3) is 5.91 Å². The molecule has 0 aliphatic carbocycles. The lowest BCUT2D eigenvalue weighted by Crippen LogP contribution is -2.14. The summed E-state index contributed by atoms with van der Waals surface area (Å²) in [5.74, 6) is -0.854. The number of nitrogens with one attached hydrogen (secondary N) is 2. The van der Waals surface area contributed by atoms with Crippen LogP contribution in [0.3, 0.4) is 0 Å². The lowest BCUT2D eigenvalue weighted by molar-refractivity contribution is 0.102. The van der Waals surface area contributed by atoms with E-state index in [1.807, 2.05) is 0 Å². The summed E-state index contributed by atoms with van der Waals surface area (Å²) in [6, 6.07) is 7.18. The molecule has 2 rings (SSSR count). The highest BCUT2D eigenvalue weighted by atomic mass is 35.5. The topological polar surface area (TPSA) is 54.0 Å². The van der Waals surface area contributed by atoms with Crippen LogP contribution in [-0.4, -0.2) is 17.4 Å². The zero-order valence-corrected chi connectivity index (χ0v) is 12.2. The van der Waals surface area contributed by atoms with E-state index in [-0.39, 0.29) is 10.7 Å². The van der Waals surface area contributed by atoms with Crippen LogP contribution in [0.2, 0.25) is 5.02 Å². The lowest BCUT2D eigenvalue weighted by Gasteiger charge is -2.08. The summed E-state index contributed by atoms with van der Waals surface area (Å²) >= 11 is 5.86. The van der Waals surface area contributed by atoms with E-state index in [1.165, 1.54) is 12.1 Å². The molecule has 0 unspecified atom stereocenters. The van der Waals surface area contributed by atoms with Crippen molar-refractivity contribution in [2.75, 3.05) is 17.2 Å². The second-order valence-electron chi connectivity index (χ2n) is 4.44. The maximum atomic E-state index is 12.9. The van der Waals surface area contributed by atoms with Crippen LogP contribution in [-0.2, 0) is 0 Å². The SMILES string of the molecule is CCCNc1ccc(C(=O)Nc2ccc(F)cc2Cl)nc1. The number of hydrogen-bond acceptors (Lipinski definition) is 3. The summed E-state index contributed by atoms with van der Waals surface area (Å²) in [5, 5.41) is 5.91. The highest BCUT2D eigenvalue weighted by Gasteiger charge is 2.10. The van der Waals surface area contributed by atoms with Crippen molar-refractivity contribution in [1.82, 2.24) is 4.98 Å². The third-order valence-electron chi connectivity index (χ3n) is 2.75. The van der Waals surface area contributed by atoms with Gasteiger partial charge < -0.3 is 10.6 Å². The molecule has 110 valence electrons. The summed E-state index contributed by atoms with van der Waals surface area (Å²) in [6.07, 6.45) is 2.60. The Bertz CT molecular complexity index is 631. The van der Waals surface area contributed by atoms with E-state index in [9.17, 15) is 9.18 Å². The van der Waals surface area contributed by atoms with Gasteiger partial charge in [-0.25, -0.2) is 9.37 Å². The molecule has 0 saturated carbocycles. The molecule has 0 bridgehead atoms. The van der Waals surface area contributed by atoms with Gasteiger partial charge in [-0.3, -0.25) is 4.79 Å². The minimum atomic E-state index is -0.456. The van der Waals surface area contributed by atoms with E-state index in [4.69, 9.17) is 11.6 Å². The summed E-state index contributed by atoms with van der Waals surface area (Å²) in [4.78, 5) is 16.1. The van der Waals surface area contributed by atoms with Gasteiger partial charge in [0.2, 0.25) is 0 Å². The third kappa shape index (κ3) is 4.16. The van der Waals surface area contributed by atoms with Crippen molar-refractivity contribution in [3.8, 4) is 0 Å². The fourth-order valence-corrected chi connectivity index (χ4v) is 1.89. The number of nitrogens with zero attached hydrogens (tertiary/aromatic N) is 1. The van der Waals surface area contributed by atoms with Crippen LogP contribution in [0.1, 0.15) is 23.8 Å². The molecule has 0 atom stereocenters. The van der Waals surface area contributed by atoms with Crippen molar-refractivity contribution in [3.63, 3.8) is 0 Å². The predicted octanol–water partition coefficient (Wildman–Crippen LogP) is 3.95. The summed E-state index contributed by atoms with van der Waals surface area (Å²) in [5.41, 5.74) is 1.46. The molecule has 0 spiro atoms. The first-order valence-corrected chi connectivity index (χ1v) is 6.94. The number of carbonyl (C=O) groups excluding carboxylic acids is 1. The number of halogens is 2. The Kier molecular flexibility index (Phi) is 5.11. The molecule has 0 aliphatic heterocycles. The molecule has 1 aromatic carbocycles. The maximum absolute atomic E-state index is 12.9. The van der Waals surface area contributed by atoms with Crippen LogP contribution < -0.4 is 10.6 Å². The van der Waals surface area contributed by atoms with E-state index >= 15 is 0 Å². The molecular formula is C15H15ClFN3O. The van der Waals surface area contributed by atoms with Crippen LogP contribution in [0.15, 0.2) is 36.5 Å². The minimum Gasteiger partial charge on any atom is -0.384 e. The van der Waals surface area contributed by atoms with Gasteiger partial charge in [0.05, 0.1) is 22.6 Å². The fourth-order valence-electron chi connectivity index (χ4n) is 1.68. The van der Waals surface area contributed by atoms with Crippen molar-refractivity contribution in [1.29, 1.82) is 0 Å². The first kappa shape index (κ1) is 15.3. The van der Waals surface area contributed by atoms with Gasteiger partial charge >= 0.3 is 0 Å². The Labute approximate surface area is 127 Å². The molecule has 4 nitrogen and oxygen atoms in total. The van der Waals surface area contributed by atoms with Crippen molar-refractivity contribution < 1.29 is 9.18 Å². The van der Waals surface area contributed by atoms with Gasteiger partial charge in [0, 0.05) is 6.54 Å². The van der Waals surface area contributed by atoms with Crippen molar-refractivity contribution >= 4 is 28.9 Å². The Morgan fingerprint density at radius 3 is 2.76 bits per heavy atom. The zero-order chi connectivity index (χ0) is 15.2. The highest BCUT2D eigenvalue weighted by Crippen LogP contribution is 2.22. The number of pyridine rings is 1. The molecule has 6 heteroatoms. The van der Waals surface area contributed by atoms with E-state index in [0.717, 1.165) is 24.7 Å². The molecule has 0 saturated heterocycles. The average Bonchev–Trinajstić information content (AvgIpc) is 2.48. The van der Waals surface area contributed by atoms with Gasteiger partial charge in [-0.05, 0) is 36.8 Å². The first-order chi connectivity index (χ1) is 10.1. The van der Waals surface area contributed by atoms with Gasteiger partial charge in [-0.2, -0.15) is 0 Å². The number of anilines is 2. The molecule has 2 N–H and O–H groups in total. The summed E-state index contributed by atoms with van der Waals surface area (Å²) in [7, 11) is 0. The third-order valence-corrected chi connectivity index (χ3v) is 3.07. The summed E-state index contributed by atoms with van der Waals surface area (Å²) < 4.78 is 12.9. The Balaban J connectivity index is 2.06. The van der Waals surface area contributed by atoms with Gasteiger partial charge in [0.1, 0.15) is 11.5 Å². The predicted molar refractivity (Wildman–Crippen MR) is 82.4 cm³/mol. The number of hydrogen-bond donors (Lipinski definition) is 2. The largest absolute Gasteiger partial charge is 0.384 e. The molecule has 1 aromatic heterocycles. The number of rotatable bonds is 5. The molecule has 1 amide bonds. The van der Waals surface area contributed by atoms with Crippen LogP contribution in [0, 0.1) is 5.82 Å². The fraction of sp³-hybridized carbons (Fsp3) is 0.200. The van der Waals surface area contributed by atoms with Crippen molar-refractivity contribution in [3.05, 3.63) is 53.1 Å². The summed E-state index contributed by atoms with van der Waals surface area (Å²) in [6.45, 7) is 2.91. The monoisotopic (exact) mass is 307 g/mol.